The van der Waals surface area contributed by atoms with Gasteiger partial charge in [-0.3, -0.25) is 4.79 Å². The summed E-state index contributed by atoms with van der Waals surface area (Å²) in [5.74, 6) is 1.23. The van der Waals surface area contributed by atoms with Crippen molar-refractivity contribution in [3.05, 3.63) is 17.0 Å². The van der Waals surface area contributed by atoms with E-state index < -0.39 is 0 Å². The second kappa shape index (κ2) is 6.11. The summed E-state index contributed by atoms with van der Waals surface area (Å²) in [7, 11) is 1.72. The molecule has 0 atom stereocenters. The molecule has 18 heavy (non-hydrogen) atoms. The minimum atomic E-state index is 0.217. The van der Waals surface area contributed by atoms with E-state index in [1.165, 1.54) is 6.33 Å². The van der Waals surface area contributed by atoms with Crippen LogP contribution in [-0.2, 0) is 4.74 Å². The van der Waals surface area contributed by atoms with Crippen LogP contribution in [0.2, 0.25) is 5.15 Å². The lowest BCUT2D eigenvalue weighted by Gasteiger charge is -2.33. The first kappa shape index (κ1) is 13.2. The number of carbonyl (C=O) groups is 1. The molecule has 5 nitrogen and oxygen atoms in total. The van der Waals surface area contributed by atoms with Crippen LogP contribution in [0, 0.1) is 5.92 Å². The molecule has 0 unspecified atom stereocenters. The van der Waals surface area contributed by atoms with Crippen LogP contribution in [0.15, 0.2) is 6.33 Å². The van der Waals surface area contributed by atoms with Gasteiger partial charge < -0.3 is 9.64 Å². The highest BCUT2D eigenvalue weighted by molar-refractivity contribution is 6.32. The standard InChI is InChI=1S/C12H16ClN3O2/c1-18-7-9-2-4-16(5-3-9)12-10(6-17)11(13)14-8-15-12/h6,8-9H,2-5,7H2,1H3. The van der Waals surface area contributed by atoms with Crippen molar-refractivity contribution in [2.45, 2.75) is 12.8 Å². The summed E-state index contributed by atoms with van der Waals surface area (Å²) in [5.41, 5.74) is 0.379. The van der Waals surface area contributed by atoms with Crippen LogP contribution in [0.5, 0.6) is 0 Å². The number of anilines is 1. The fraction of sp³-hybridized carbons (Fsp3) is 0.583. The summed E-state index contributed by atoms with van der Waals surface area (Å²) >= 11 is 5.90. The van der Waals surface area contributed by atoms with Crippen molar-refractivity contribution in [3.8, 4) is 0 Å². The molecule has 0 aliphatic carbocycles. The van der Waals surface area contributed by atoms with Crippen molar-refractivity contribution >= 4 is 23.7 Å². The Labute approximate surface area is 111 Å². The van der Waals surface area contributed by atoms with Gasteiger partial charge in [-0.15, -0.1) is 0 Å². The third-order valence-corrected chi connectivity index (χ3v) is 3.55. The van der Waals surface area contributed by atoms with Gasteiger partial charge in [0.1, 0.15) is 17.3 Å². The van der Waals surface area contributed by atoms with E-state index in [-0.39, 0.29) is 5.15 Å². The first-order chi connectivity index (χ1) is 8.76. The largest absolute Gasteiger partial charge is 0.384 e. The number of nitrogens with zero attached hydrogens (tertiary/aromatic N) is 3. The van der Waals surface area contributed by atoms with E-state index in [1.54, 1.807) is 7.11 Å². The van der Waals surface area contributed by atoms with E-state index in [4.69, 9.17) is 16.3 Å². The smallest absolute Gasteiger partial charge is 0.156 e. The number of hydrogen-bond acceptors (Lipinski definition) is 5. The van der Waals surface area contributed by atoms with Gasteiger partial charge in [0.15, 0.2) is 6.29 Å². The maximum Gasteiger partial charge on any atom is 0.156 e. The number of piperidine rings is 1. The summed E-state index contributed by atoms with van der Waals surface area (Å²) in [6.07, 6.45) is 4.19. The average molecular weight is 270 g/mol. The molecular formula is C12H16ClN3O2. The van der Waals surface area contributed by atoms with Gasteiger partial charge in [0.25, 0.3) is 0 Å². The Kier molecular flexibility index (Phi) is 4.49. The van der Waals surface area contributed by atoms with Crippen LogP contribution < -0.4 is 4.90 Å². The average Bonchev–Trinajstić information content (AvgIpc) is 2.40. The normalized spacial score (nSPS) is 16.9. The molecule has 6 heteroatoms. The SMILES string of the molecule is COCC1CCN(c2ncnc(Cl)c2C=O)CC1. The van der Waals surface area contributed by atoms with Gasteiger partial charge in [-0.2, -0.15) is 0 Å². The Morgan fingerprint density at radius 2 is 2.22 bits per heavy atom. The van der Waals surface area contributed by atoms with Gasteiger partial charge in [0.05, 0.1) is 5.56 Å². The Hall–Kier alpha value is -1.20. The first-order valence-electron chi connectivity index (χ1n) is 5.95. The quantitative estimate of drug-likeness (QED) is 0.616. The Morgan fingerprint density at radius 1 is 1.50 bits per heavy atom. The Balaban J connectivity index is 2.10. The fourth-order valence-electron chi connectivity index (χ4n) is 2.27. The predicted molar refractivity (Wildman–Crippen MR) is 69.2 cm³/mol. The molecule has 2 heterocycles. The summed E-state index contributed by atoms with van der Waals surface area (Å²) in [6, 6.07) is 0. The van der Waals surface area contributed by atoms with Crippen molar-refractivity contribution < 1.29 is 9.53 Å². The molecule has 1 fully saturated rings. The fourth-order valence-corrected chi connectivity index (χ4v) is 2.44. The number of rotatable bonds is 4. The minimum absolute atomic E-state index is 0.217. The van der Waals surface area contributed by atoms with Gasteiger partial charge in [0.2, 0.25) is 0 Å². The minimum Gasteiger partial charge on any atom is -0.384 e. The van der Waals surface area contributed by atoms with Crippen molar-refractivity contribution in [1.82, 2.24) is 9.97 Å². The summed E-state index contributed by atoms with van der Waals surface area (Å²) in [6.45, 7) is 2.52. The Morgan fingerprint density at radius 3 is 2.83 bits per heavy atom. The van der Waals surface area contributed by atoms with Gasteiger partial charge in [0, 0.05) is 26.8 Å². The number of aromatic nitrogens is 2. The van der Waals surface area contributed by atoms with Crippen LogP contribution in [0.3, 0.4) is 0 Å². The number of ether oxygens (including phenoxy) is 1. The second-order valence-electron chi connectivity index (χ2n) is 4.41. The highest BCUT2D eigenvalue weighted by Crippen LogP contribution is 2.26. The maximum absolute atomic E-state index is 11.0. The van der Waals surface area contributed by atoms with Crippen LogP contribution >= 0.6 is 11.6 Å². The molecule has 1 aromatic heterocycles. The van der Waals surface area contributed by atoms with Crippen LogP contribution in [0.1, 0.15) is 23.2 Å². The van der Waals surface area contributed by atoms with E-state index in [1.807, 2.05) is 0 Å². The van der Waals surface area contributed by atoms with Crippen molar-refractivity contribution in [2.24, 2.45) is 5.92 Å². The lowest BCUT2D eigenvalue weighted by Crippen LogP contribution is -2.36. The molecule has 0 bridgehead atoms. The molecule has 98 valence electrons. The van der Waals surface area contributed by atoms with Crippen LogP contribution in [0.25, 0.3) is 0 Å². The van der Waals surface area contributed by atoms with E-state index in [9.17, 15) is 4.79 Å². The monoisotopic (exact) mass is 269 g/mol. The topological polar surface area (TPSA) is 55.3 Å². The molecular weight excluding hydrogens is 254 g/mol. The molecule has 1 aromatic rings. The molecule has 0 spiro atoms. The molecule has 1 aliphatic rings. The summed E-state index contributed by atoms with van der Waals surface area (Å²) in [4.78, 5) is 21.1. The van der Waals surface area contributed by atoms with E-state index in [0.29, 0.717) is 17.3 Å². The van der Waals surface area contributed by atoms with E-state index in [0.717, 1.165) is 38.8 Å². The number of aldehydes is 1. The molecule has 1 aliphatic heterocycles. The maximum atomic E-state index is 11.0. The number of carbonyl (C=O) groups excluding carboxylic acids is 1. The number of halogens is 1. The van der Waals surface area contributed by atoms with Gasteiger partial charge >= 0.3 is 0 Å². The first-order valence-corrected chi connectivity index (χ1v) is 6.33. The highest BCUT2D eigenvalue weighted by atomic mass is 35.5. The third kappa shape index (κ3) is 2.79. The summed E-state index contributed by atoms with van der Waals surface area (Å²) in [5, 5.41) is 0.217. The molecule has 2 rings (SSSR count). The van der Waals surface area contributed by atoms with Gasteiger partial charge in [-0.1, -0.05) is 11.6 Å². The molecule has 0 aromatic carbocycles. The van der Waals surface area contributed by atoms with Gasteiger partial charge in [-0.05, 0) is 18.8 Å². The lowest BCUT2D eigenvalue weighted by atomic mass is 9.97. The van der Waals surface area contributed by atoms with E-state index in [2.05, 4.69) is 14.9 Å². The zero-order chi connectivity index (χ0) is 13.0. The molecule has 0 N–H and O–H groups in total. The lowest BCUT2D eigenvalue weighted by molar-refractivity contribution is 0.112. The van der Waals surface area contributed by atoms with Crippen LogP contribution in [-0.4, -0.2) is 43.1 Å². The van der Waals surface area contributed by atoms with Gasteiger partial charge in [-0.25, -0.2) is 9.97 Å². The molecule has 1 saturated heterocycles. The third-order valence-electron chi connectivity index (χ3n) is 3.25. The van der Waals surface area contributed by atoms with E-state index >= 15 is 0 Å². The molecule has 0 saturated carbocycles. The van der Waals surface area contributed by atoms with Crippen molar-refractivity contribution in [3.63, 3.8) is 0 Å². The van der Waals surface area contributed by atoms with Crippen molar-refractivity contribution in [2.75, 3.05) is 31.7 Å². The van der Waals surface area contributed by atoms with Crippen molar-refractivity contribution in [1.29, 1.82) is 0 Å². The second-order valence-corrected chi connectivity index (χ2v) is 4.76. The number of hydrogen-bond donors (Lipinski definition) is 0. The molecule has 0 amide bonds. The number of methoxy groups -OCH3 is 1. The highest BCUT2D eigenvalue weighted by Gasteiger charge is 2.22. The Bertz CT molecular complexity index is 420. The zero-order valence-electron chi connectivity index (χ0n) is 10.3. The molecule has 0 radical (unpaired) electrons. The van der Waals surface area contributed by atoms with Crippen LogP contribution in [0.4, 0.5) is 5.82 Å². The summed E-state index contributed by atoms with van der Waals surface area (Å²) < 4.78 is 5.16. The predicted octanol–water partition coefficient (Wildman–Crippen LogP) is 1.81. The zero-order valence-corrected chi connectivity index (χ0v) is 11.1.